The quantitative estimate of drug-likeness (QED) is 0.652. The Morgan fingerprint density at radius 1 is 1.32 bits per heavy atom. The number of nitrogens with two attached hydrogens (primary N) is 1. The molecule has 5 heteroatoms. The number of pyridine rings is 1. The van der Waals surface area contributed by atoms with Crippen LogP contribution in [0.15, 0.2) is 36.5 Å². The number of hydrogen-bond donors (Lipinski definition) is 2. The van der Waals surface area contributed by atoms with Crippen molar-refractivity contribution in [2.75, 3.05) is 18.2 Å². The first-order valence-corrected chi connectivity index (χ1v) is 5.78. The van der Waals surface area contributed by atoms with Crippen LogP contribution in [0.1, 0.15) is 16.1 Å². The standard InChI is InChI=1S/C14H15N3O2/c1-9-12(4-3-7-16-9)17-13-6-5-10(8-11(13)15)14(18)19-2/h3-8,17H,15H2,1-2H3. The number of anilines is 3. The summed E-state index contributed by atoms with van der Waals surface area (Å²) in [6.07, 6.45) is 1.73. The van der Waals surface area contributed by atoms with Crippen LogP contribution >= 0.6 is 0 Å². The van der Waals surface area contributed by atoms with E-state index in [0.29, 0.717) is 11.3 Å². The van der Waals surface area contributed by atoms with Crippen molar-refractivity contribution in [3.05, 3.63) is 47.8 Å². The second-order valence-electron chi connectivity index (χ2n) is 4.05. The summed E-state index contributed by atoms with van der Waals surface area (Å²) in [4.78, 5) is 15.6. The Morgan fingerprint density at radius 2 is 2.11 bits per heavy atom. The van der Waals surface area contributed by atoms with Crippen LogP contribution in [0.5, 0.6) is 0 Å². The van der Waals surface area contributed by atoms with Crippen molar-refractivity contribution in [3.8, 4) is 0 Å². The van der Waals surface area contributed by atoms with Gasteiger partial charge in [-0.3, -0.25) is 4.98 Å². The summed E-state index contributed by atoms with van der Waals surface area (Å²) in [6.45, 7) is 1.90. The molecule has 0 radical (unpaired) electrons. The van der Waals surface area contributed by atoms with Gasteiger partial charge in [0.2, 0.25) is 0 Å². The van der Waals surface area contributed by atoms with Gasteiger partial charge in [0, 0.05) is 6.20 Å². The number of rotatable bonds is 3. The lowest BCUT2D eigenvalue weighted by molar-refractivity contribution is 0.0601. The Hall–Kier alpha value is -2.56. The number of benzene rings is 1. The molecule has 1 aromatic heterocycles. The van der Waals surface area contributed by atoms with Crippen molar-refractivity contribution in [1.29, 1.82) is 0 Å². The molecular weight excluding hydrogens is 242 g/mol. The molecule has 0 bridgehead atoms. The molecule has 0 spiro atoms. The molecule has 0 unspecified atom stereocenters. The minimum absolute atomic E-state index is 0.407. The van der Waals surface area contributed by atoms with Gasteiger partial charge in [-0.05, 0) is 37.3 Å². The summed E-state index contributed by atoms with van der Waals surface area (Å²) >= 11 is 0. The highest BCUT2D eigenvalue weighted by Gasteiger charge is 2.08. The number of carbonyl (C=O) groups excluding carboxylic acids is 1. The molecule has 0 atom stereocenters. The highest BCUT2D eigenvalue weighted by Crippen LogP contribution is 2.25. The predicted molar refractivity (Wildman–Crippen MR) is 74.5 cm³/mol. The molecule has 0 saturated carbocycles. The number of ether oxygens (including phenoxy) is 1. The molecule has 3 N–H and O–H groups in total. The first-order valence-electron chi connectivity index (χ1n) is 5.78. The number of nitrogens with zero attached hydrogens (tertiary/aromatic N) is 1. The molecule has 98 valence electrons. The van der Waals surface area contributed by atoms with Crippen molar-refractivity contribution < 1.29 is 9.53 Å². The summed E-state index contributed by atoms with van der Waals surface area (Å²) in [6, 6.07) is 8.74. The third-order valence-corrected chi connectivity index (χ3v) is 2.75. The van der Waals surface area contributed by atoms with E-state index in [0.717, 1.165) is 17.1 Å². The Morgan fingerprint density at radius 3 is 2.74 bits per heavy atom. The lowest BCUT2D eigenvalue weighted by atomic mass is 10.1. The van der Waals surface area contributed by atoms with E-state index < -0.39 is 5.97 Å². The summed E-state index contributed by atoms with van der Waals surface area (Å²) in [5.41, 5.74) is 9.30. The summed E-state index contributed by atoms with van der Waals surface area (Å²) < 4.78 is 4.64. The zero-order valence-electron chi connectivity index (χ0n) is 10.8. The highest BCUT2D eigenvalue weighted by molar-refractivity contribution is 5.92. The van der Waals surface area contributed by atoms with E-state index in [1.54, 1.807) is 24.4 Å². The molecule has 2 aromatic rings. The van der Waals surface area contributed by atoms with Gasteiger partial charge >= 0.3 is 5.97 Å². The molecule has 1 heterocycles. The number of hydrogen-bond acceptors (Lipinski definition) is 5. The molecular formula is C14H15N3O2. The van der Waals surface area contributed by atoms with E-state index in [1.807, 2.05) is 19.1 Å². The number of nitrogens with one attached hydrogen (secondary N) is 1. The second kappa shape index (κ2) is 5.39. The van der Waals surface area contributed by atoms with E-state index in [1.165, 1.54) is 7.11 Å². The average molecular weight is 257 g/mol. The maximum atomic E-state index is 11.4. The first-order chi connectivity index (χ1) is 9.11. The molecule has 0 fully saturated rings. The Balaban J connectivity index is 2.27. The minimum Gasteiger partial charge on any atom is -0.465 e. The summed E-state index contributed by atoms with van der Waals surface area (Å²) in [5.74, 6) is -0.407. The normalized spacial score (nSPS) is 10.0. The van der Waals surface area contributed by atoms with Gasteiger partial charge in [-0.25, -0.2) is 4.79 Å². The maximum Gasteiger partial charge on any atom is 0.337 e. The van der Waals surface area contributed by atoms with Gasteiger partial charge in [0.1, 0.15) is 0 Å². The molecule has 0 aliphatic carbocycles. The highest BCUT2D eigenvalue weighted by atomic mass is 16.5. The molecule has 1 aromatic carbocycles. The van der Waals surface area contributed by atoms with Crippen molar-refractivity contribution in [1.82, 2.24) is 4.98 Å². The van der Waals surface area contributed by atoms with E-state index in [-0.39, 0.29) is 0 Å². The SMILES string of the molecule is COC(=O)c1ccc(Nc2cccnc2C)c(N)c1. The van der Waals surface area contributed by atoms with Crippen LogP contribution in [0.25, 0.3) is 0 Å². The fourth-order valence-corrected chi connectivity index (χ4v) is 1.68. The van der Waals surface area contributed by atoms with Crippen LogP contribution in [0.4, 0.5) is 17.1 Å². The van der Waals surface area contributed by atoms with E-state index in [2.05, 4.69) is 15.0 Å². The van der Waals surface area contributed by atoms with E-state index in [9.17, 15) is 4.79 Å². The average Bonchev–Trinajstić information content (AvgIpc) is 2.42. The molecule has 5 nitrogen and oxygen atoms in total. The fraction of sp³-hybridized carbons (Fsp3) is 0.143. The van der Waals surface area contributed by atoms with Crippen LogP contribution in [0, 0.1) is 6.92 Å². The smallest absolute Gasteiger partial charge is 0.337 e. The number of aromatic nitrogens is 1. The summed E-state index contributed by atoms with van der Waals surface area (Å²) in [5, 5.41) is 3.19. The molecule has 19 heavy (non-hydrogen) atoms. The Bertz CT molecular complexity index is 611. The monoisotopic (exact) mass is 257 g/mol. The molecule has 0 aliphatic rings. The van der Waals surface area contributed by atoms with Crippen LogP contribution in [0.3, 0.4) is 0 Å². The van der Waals surface area contributed by atoms with Gasteiger partial charge in [0.25, 0.3) is 0 Å². The minimum atomic E-state index is -0.407. The Labute approximate surface area is 111 Å². The second-order valence-corrected chi connectivity index (χ2v) is 4.05. The van der Waals surface area contributed by atoms with Gasteiger partial charge in [-0.15, -0.1) is 0 Å². The third kappa shape index (κ3) is 2.82. The molecule has 0 amide bonds. The lowest BCUT2D eigenvalue weighted by Gasteiger charge is -2.11. The van der Waals surface area contributed by atoms with Crippen LogP contribution in [0.2, 0.25) is 0 Å². The van der Waals surface area contributed by atoms with Gasteiger partial charge in [-0.1, -0.05) is 0 Å². The van der Waals surface area contributed by atoms with Crippen LogP contribution < -0.4 is 11.1 Å². The number of carbonyl (C=O) groups is 1. The van der Waals surface area contributed by atoms with Crippen molar-refractivity contribution >= 4 is 23.0 Å². The first kappa shape index (κ1) is 12.9. The van der Waals surface area contributed by atoms with E-state index >= 15 is 0 Å². The Kier molecular flexibility index (Phi) is 3.66. The largest absolute Gasteiger partial charge is 0.465 e. The number of nitrogen functional groups attached to an aromatic ring is 1. The zero-order chi connectivity index (χ0) is 13.8. The van der Waals surface area contributed by atoms with E-state index in [4.69, 9.17) is 5.73 Å². The molecule has 0 saturated heterocycles. The molecule has 2 rings (SSSR count). The number of methoxy groups -OCH3 is 1. The predicted octanol–water partition coefficient (Wildman–Crippen LogP) is 2.50. The van der Waals surface area contributed by atoms with Crippen LogP contribution in [-0.4, -0.2) is 18.1 Å². The number of esters is 1. The van der Waals surface area contributed by atoms with Crippen molar-refractivity contribution in [2.45, 2.75) is 6.92 Å². The molecule has 0 aliphatic heterocycles. The number of aryl methyl sites for hydroxylation is 1. The summed E-state index contributed by atoms with van der Waals surface area (Å²) in [7, 11) is 1.34. The maximum absolute atomic E-state index is 11.4. The fourth-order valence-electron chi connectivity index (χ4n) is 1.68. The zero-order valence-corrected chi connectivity index (χ0v) is 10.8. The third-order valence-electron chi connectivity index (χ3n) is 2.75. The van der Waals surface area contributed by atoms with Gasteiger partial charge in [0.15, 0.2) is 0 Å². The van der Waals surface area contributed by atoms with Gasteiger partial charge in [0.05, 0.1) is 35.4 Å². The van der Waals surface area contributed by atoms with Gasteiger partial charge < -0.3 is 15.8 Å². The van der Waals surface area contributed by atoms with Gasteiger partial charge in [-0.2, -0.15) is 0 Å². The topological polar surface area (TPSA) is 77.2 Å². The van der Waals surface area contributed by atoms with Crippen molar-refractivity contribution in [2.24, 2.45) is 0 Å². The van der Waals surface area contributed by atoms with Crippen molar-refractivity contribution in [3.63, 3.8) is 0 Å². The van der Waals surface area contributed by atoms with Crippen LogP contribution in [-0.2, 0) is 4.74 Å². The lowest BCUT2D eigenvalue weighted by Crippen LogP contribution is -2.04.